The Kier molecular flexibility index (Phi) is 2.55. The van der Waals surface area contributed by atoms with E-state index in [2.05, 4.69) is 35.2 Å². The van der Waals surface area contributed by atoms with E-state index in [4.69, 9.17) is 4.74 Å². The van der Waals surface area contributed by atoms with Gasteiger partial charge in [-0.15, -0.1) is 0 Å². The van der Waals surface area contributed by atoms with Crippen LogP contribution in [0.4, 0.5) is 0 Å². The van der Waals surface area contributed by atoms with Crippen molar-refractivity contribution in [3.63, 3.8) is 0 Å². The molecule has 0 aliphatic carbocycles. The van der Waals surface area contributed by atoms with Gasteiger partial charge >= 0.3 is 0 Å². The minimum absolute atomic E-state index is 0.772. The smallest absolute Gasteiger partial charge is 0.161 e. The van der Waals surface area contributed by atoms with Crippen molar-refractivity contribution in [3.05, 3.63) is 30.1 Å². The van der Waals surface area contributed by atoms with E-state index in [1.807, 2.05) is 4.68 Å². The number of fused-ring (bicyclic) bond motifs is 1. The Morgan fingerprint density at radius 1 is 1.41 bits per heavy atom. The number of rotatable bonds is 3. The summed E-state index contributed by atoms with van der Waals surface area (Å²) < 4.78 is 7.65. The Bertz CT molecular complexity index is 533. The van der Waals surface area contributed by atoms with Crippen LogP contribution >= 0.6 is 0 Å². The molecule has 4 heteroatoms. The lowest BCUT2D eigenvalue weighted by Crippen LogP contribution is -2.02. The highest BCUT2D eigenvalue weighted by Crippen LogP contribution is 2.35. The van der Waals surface area contributed by atoms with Crippen LogP contribution in [-0.2, 0) is 13.0 Å². The molecule has 0 amide bonds. The van der Waals surface area contributed by atoms with Crippen molar-refractivity contribution in [1.82, 2.24) is 14.8 Å². The Balaban J connectivity index is 2.09. The van der Waals surface area contributed by atoms with E-state index < -0.39 is 0 Å². The first-order valence-electron chi connectivity index (χ1n) is 6.03. The molecule has 1 aromatic heterocycles. The third-order valence-electron chi connectivity index (χ3n) is 3.01. The van der Waals surface area contributed by atoms with Gasteiger partial charge < -0.3 is 4.74 Å². The second-order valence-corrected chi connectivity index (χ2v) is 4.20. The lowest BCUT2D eigenvalue weighted by molar-refractivity contribution is 0.357. The first-order chi connectivity index (χ1) is 8.40. The molecule has 3 rings (SSSR count). The SMILES string of the molecule is CCCn1ncnc1-c1cccc2c1OCC2. The number of hydrogen-bond acceptors (Lipinski definition) is 3. The van der Waals surface area contributed by atoms with E-state index in [0.29, 0.717) is 0 Å². The fourth-order valence-electron chi connectivity index (χ4n) is 2.24. The number of aromatic nitrogens is 3. The molecule has 0 radical (unpaired) electrons. The molecule has 4 nitrogen and oxygen atoms in total. The van der Waals surface area contributed by atoms with Crippen LogP contribution in [0.1, 0.15) is 18.9 Å². The van der Waals surface area contributed by atoms with Crippen molar-refractivity contribution in [2.75, 3.05) is 6.61 Å². The third kappa shape index (κ3) is 1.69. The van der Waals surface area contributed by atoms with E-state index >= 15 is 0 Å². The highest BCUT2D eigenvalue weighted by atomic mass is 16.5. The van der Waals surface area contributed by atoms with Crippen LogP contribution in [0.25, 0.3) is 11.4 Å². The second-order valence-electron chi connectivity index (χ2n) is 4.20. The summed E-state index contributed by atoms with van der Waals surface area (Å²) in [5.41, 5.74) is 2.33. The zero-order valence-electron chi connectivity index (χ0n) is 9.89. The maximum atomic E-state index is 5.71. The summed E-state index contributed by atoms with van der Waals surface area (Å²) in [4.78, 5) is 4.35. The molecule has 0 N–H and O–H groups in total. The number of nitrogens with zero attached hydrogens (tertiary/aromatic N) is 3. The van der Waals surface area contributed by atoms with E-state index in [-0.39, 0.29) is 0 Å². The molecule has 2 aromatic rings. The topological polar surface area (TPSA) is 39.9 Å². The highest BCUT2D eigenvalue weighted by molar-refractivity contribution is 5.67. The van der Waals surface area contributed by atoms with Gasteiger partial charge in [0, 0.05) is 13.0 Å². The Morgan fingerprint density at radius 2 is 2.35 bits per heavy atom. The lowest BCUT2D eigenvalue weighted by Gasteiger charge is -2.08. The first-order valence-corrected chi connectivity index (χ1v) is 6.03. The molecule has 0 unspecified atom stereocenters. The van der Waals surface area contributed by atoms with Crippen LogP contribution in [-0.4, -0.2) is 21.4 Å². The molecule has 0 bridgehead atoms. The Morgan fingerprint density at radius 3 is 3.24 bits per heavy atom. The number of hydrogen-bond donors (Lipinski definition) is 0. The van der Waals surface area contributed by atoms with Gasteiger partial charge in [-0.2, -0.15) is 5.10 Å². The number of para-hydroxylation sites is 1. The normalized spacial score (nSPS) is 13.5. The molecule has 1 aliphatic heterocycles. The summed E-state index contributed by atoms with van der Waals surface area (Å²) >= 11 is 0. The van der Waals surface area contributed by atoms with Gasteiger partial charge in [0.25, 0.3) is 0 Å². The summed E-state index contributed by atoms with van der Waals surface area (Å²) in [6.07, 6.45) is 3.65. The molecule has 0 fully saturated rings. The van der Waals surface area contributed by atoms with Crippen LogP contribution in [0.2, 0.25) is 0 Å². The average molecular weight is 229 g/mol. The van der Waals surface area contributed by atoms with E-state index in [1.54, 1.807) is 6.33 Å². The number of aryl methyl sites for hydroxylation is 1. The molecule has 0 spiro atoms. The molecule has 1 aliphatic rings. The van der Waals surface area contributed by atoms with Gasteiger partial charge in [0.15, 0.2) is 5.82 Å². The summed E-state index contributed by atoms with van der Waals surface area (Å²) in [7, 11) is 0. The Hall–Kier alpha value is -1.84. The summed E-state index contributed by atoms with van der Waals surface area (Å²) in [5, 5.41) is 4.26. The number of ether oxygens (including phenoxy) is 1. The van der Waals surface area contributed by atoms with Crippen LogP contribution < -0.4 is 4.74 Å². The first kappa shape index (κ1) is 10.3. The zero-order chi connectivity index (χ0) is 11.7. The fourth-order valence-corrected chi connectivity index (χ4v) is 2.24. The zero-order valence-corrected chi connectivity index (χ0v) is 9.89. The quantitative estimate of drug-likeness (QED) is 0.810. The lowest BCUT2D eigenvalue weighted by atomic mass is 10.1. The second kappa shape index (κ2) is 4.20. The molecule has 0 atom stereocenters. The maximum absolute atomic E-state index is 5.71. The molecule has 0 saturated carbocycles. The van der Waals surface area contributed by atoms with Crippen LogP contribution in [0, 0.1) is 0 Å². The van der Waals surface area contributed by atoms with Crippen molar-refractivity contribution in [2.24, 2.45) is 0 Å². The minimum atomic E-state index is 0.772. The van der Waals surface area contributed by atoms with Gasteiger partial charge in [-0.3, -0.25) is 0 Å². The molecule has 2 heterocycles. The third-order valence-corrected chi connectivity index (χ3v) is 3.01. The average Bonchev–Trinajstić information content (AvgIpc) is 2.96. The predicted octanol–water partition coefficient (Wildman–Crippen LogP) is 2.29. The maximum Gasteiger partial charge on any atom is 0.161 e. The summed E-state index contributed by atoms with van der Waals surface area (Å²) in [6.45, 7) is 3.80. The van der Waals surface area contributed by atoms with E-state index in [9.17, 15) is 0 Å². The summed E-state index contributed by atoms with van der Waals surface area (Å²) in [6, 6.07) is 6.24. The van der Waals surface area contributed by atoms with Gasteiger partial charge in [0.05, 0.1) is 12.2 Å². The van der Waals surface area contributed by atoms with Crippen molar-refractivity contribution in [3.8, 4) is 17.1 Å². The van der Waals surface area contributed by atoms with Crippen molar-refractivity contribution >= 4 is 0 Å². The molecule has 1 aromatic carbocycles. The van der Waals surface area contributed by atoms with Crippen LogP contribution in [0.15, 0.2) is 24.5 Å². The Labute approximate surface area is 100 Å². The summed E-state index contributed by atoms with van der Waals surface area (Å²) in [5.74, 6) is 1.89. The van der Waals surface area contributed by atoms with E-state index in [0.717, 1.165) is 43.1 Å². The molecule has 88 valence electrons. The monoisotopic (exact) mass is 229 g/mol. The van der Waals surface area contributed by atoms with Crippen LogP contribution in [0.5, 0.6) is 5.75 Å². The van der Waals surface area contributed by atoms with Gasteiger partial charge in [-0.1, -0.05) is 19.1 Å². The van der Waals surface area contributed by atoms with E-state index in [1.165, 1.54) is 5.56 Å². The van der Waals surface area contributed by atoms with Crippen LogP contribution in [0.3, 0.4) is 0 Å². The van der Waals surface area contributed by atoms with Gasteiger partial charge in [0.1, 0.15) is 12.1 Å². The molecule has 17 heavy (non-hydrogen) atoms. The van der Waals surface area contributed by atoms with Gasteiger partial charge in [-0.05, 0) is 18.1 Å². The van der Waals surface area contributed by atoms with Gasteiger partial charge in [-0.25, -0.2) is 9.67 Å². The molecular formula is C13H15N3O. The molecule has 0 saturated heterocycles. The standard InChI is InChI=1S/C13H15N3O/c1-2-7-16-13(14-9-15-16)11-5-3-4-10-6-8-17-12(10)11/h3-5,9H,2,6-8H2,1H3. The van der Waals surface area contributed by atoms with Crippen molar-refractivity contribution in [2.45, 2.75) is 26.3 Å². The largest absolute Gasteiger partial charge is 0.492 e. The van der Waals surface area contributed by atoms with Crippen molar-refractivity contribution in [1.29, 1.82) is 0 Å². The van der Waals surface area contributed by atoms with Crippen molar-refractivity contribution < 1.29 is 4.74 Å². The predicted molar refractivity (Wildman–Crippen MR) is 64.9 cm³/mol. The number of benzene rings is 1. The fraction of sp³-hybridized carbons (Fsp3) is 0.385. The molecular weight excluding hydrogens is 214 g/mol. The minimum Gasteiger partial charge on any atom is -0.492 e. The van der Waals surface area contributed by atoms with Gasteiger partial charge in [0.2, 0.25) is 0 Å². The highest BCUT2D eigenvalue weighted by Gasteiger charge is 2.19.